The van der Waals surface area contributed by atoms with Crippen LogP contribution in [0.3, 0.4) is 0 Å². The monoisotopic (exact) mass is 643 g/mol. The Morgan fingerprint density at radius 2 is 1.87 bits per heavy atom. The molecule has 2 saturated heterocycles. The van der Waals surface area contributed by atoms with Gasteiger partial charge in [-0.25, -0.2) is 11.0 Å². The van der Waals surface area contributed by atoms with Crippen LogP contribution in [0.25, 0.3) is 15.6 Å². The van der Waals surface area contributed by atoms with Crippen LogP contribution in [0.4, 0.5) is 15.9 Å². The molecule has 11 heteroatoms. The summed E-state index contributed by atoms with van der Waals surface area (Å²) in [5.41, 5.74) is 3.16. The molecular weight excluding hydrogens is 605 g/mol. The van der Waals surface area contributed by atoms with E-state index in [0.717, 1.165) is 72.6 Å². The number of ether oxygens (including phenoxy) is 1. The van der Waals surface area contributed by atoms with Crippen LogP contribution >= 0.6 is 11.6 Å². The maximum absolute atomic E-state index is 13.9. The van der Waals surface area contributed by atoms with Crippen molar-refractivity contribution in [1.82, 2.24) is 19.8 Å². The Labute approximate surface area is 274 Å². The lowest BCUT2D eigenvalue weighted by molar-refractivity contribution is -0.131. The standard InChI is InChI=1S/C35H39ClFN7O2/c1-24(37)33(45)44-18-17-43(20-26(44)19-38-2)32-27-11-16-42(30-10-6-8-25-7-5-9-28(36)31(25)30)21-29(27)39-34(40-32)46-23-35(12-13-35)22-41-14-3-4-15-41/h5-10,26H,1,3-4,11-23H2. The molecule has 0 spiro atoms. The average Bonchev–Trinajstić information content (AvgIpc) is 3.64. The van der Waals surface area contributed by atoms with E-state index in [4.69, 9.17) is 32.9 Å². The molecule has 4 aliphatic rings. The second kappa shape index (κ2) is 12.7. The summed E-state index contributed by atoms with van der Waals surface area (Å²) in [5, 5.41) is 2.83. The van der Waals surface area contributed by atoms with E-state index in [9.17, 15) is 9.18 Å². The molecule has 4 heterocycles. The fourth-order valence-electron chi connectivity index (χ4n) is 7.35. The molecule has 240 valence electrons. The second-order valence-electron chi connectivity index (χ2n) is 13.2. The summed E-state index contributed by atoms with van der Waals surface area (Å²) in [4.78, 5) is 34.6. The number of amides is 1. The van der Waals surface area contributed by atoms with Gasteiger partial charge in [-0.15, -0.1) is 0 Å². The number of hydrogen-bond donors (Lipinski definition) is 0. The molecule has 7 rings (SSSR count). The molecule has 0 radical (unpaired) electrons. The molecule has 1 saturated carbocycles. The Morgan fingerprint density at radius 3 is 2.61 bits per heavy atom. The molecule has 1 unspecified atom stereocenters. The number of anilines is 2. The second-order valence-corrected chi connectivity index (χ2v) is 13.6. The van der Waals surface area contributed by atoms with E-state index in [1.54, 1.807) is 0 Å². The van der Waals surface area contributed by atoms with Gasteiger partial charge in [0.25, 0.3) is 5.91 Å². The number of fused-ring (bicyclic) bond motifs is 2. The van der Waals surface area contributed by atoms with Gasteiger partial charge in [0.1, 0.15) is 11.9 Å². The number of carbonyl (C=O) groups excluding carboxylic acids is 1. The Balaban J connectivity index is 1.20. The first-order chi connectivity index (χ1) is 22.3. The molecule has 0 N–H and O–H groups in total. The van der Waals surface area contributed by atoms with Crippen molar-refractivity contribution in [3.63, 3.8) is 0 Å². The predicted molar refractivity (Wildman–Crippen MR) is 178 cm³/mol. The number of carbonyl (C=O) groups is 1. The molecule has 3 aliphatic heterocycles. The number of rotatable bonds is 9. The van der Waals surface area contributed by atoms with Gasteiger partial charge >= 0.3 is 6.01 Å². The number of nitrogens with zero attached hydrogens (tertiary/aromatic N) is 7. The molecule has 3 aromatic rings. The average molecular weight is 644 g/mol. The van der Waals surface area contributed by atoms with Crippen LogP contribution in [0.5, 0.6) is 6.01 Å². The fourth-order valence-corrected chi connectivity index (χ4v) is 7.63. The van der Waals surface area contributed by atoms with E-state index in [-0.39, 0.29) is 18.5 Å². The first kappa shape index (κ1) is 30.7. The van der Waals surface area contributed by atoms with Crippen LogP contribution in [0, 0.1) is 12.0 Å². The van der Waals surface area contributed by atoms with Crippen molar-refractivity contribution in [3.8, 4) is 6.01 Å². The Hall–Kier alpha value is -3.94. The number of benzene rings is 2. The third kappa shape index (κ3) is 6.10. The van der Waals surface area contributed by atoms with Crippen molar-refractivity contribution < 1.29 is 13.9 Å². The SMILES string of the molecule is [C-]#[N+]CC1CN(c2nc(OCC3(CN4CCCC4)CC3)nc3c2CCN(c2cccc4cccc(Cl)c24)C3)CCN1C(=O)C(=C)F. The summed E-state index contributed by atoms with van der Waals surface area (Å²) in [6.45, 7) is 17.1. The lowest BCUT2D eigenvalue weighted by Gasteiger charge is -2.41. The summed E-state index contributed by atoms with van der Waals surface area (Å²) in [6, 6.07) is 12.1. The largest absolute Gasteiger partial charge is 0.463 e. The normalized spacial score (nSPS) is 20.8. The smallest absolute Gasteiger partial charge is 0.318 e. The van der Waals surface area contributed by atoms with Crippen LogP contribution < -0.4 is 14.5 Å². The Morgan fingerprint density at radius 1 is 1.09 bits per heavy atom. The van der Waals surface area contributed by atoms with Gasteiger partial charge in [0.2, 0.25) is 6.54 Å². The van der Waals surface area contributed by atoms with E-state index in [1.807, 2.05) is 12.1 Å². The minimum atomic E-state index is -1.00. The van der Waals surface area contributed by atoms with Gasteiger partial charge in [-0.05, 0) is 62.7 Å². The highest BCUT2D eigenvalue weighted by molar-refractivity contribution is 6.36. The van der Waals surface area contributed by atoms with E-state index < -0.39 is 17.8 Å². The lowest BCUT2D eigenvalue weighted by Crippen LogP contribution is -2.57. The number of halogens is 2. The van der Waals surface area contributed by atoms with Gasteiger partial charge in [-0.3, -0.25) is 4.79 Å². The third-order valence-corrected chi connectivity index (χ3v) is 10.3. The lowest BCUT2D eigenvalue weighted by atomic mass is 10.0. The molecule has 46 heavy (non-hydrogen) atoms. The number of hydrogen-bond acceptors (Lipinski definition) is 7. The van der Waals surface area contributed by atoms with Crippen molar-refractivity contribution in [1.29, 1.82) is 0 Å². The van der Waals surface area contributed by atoms with Crippen LogP contribution in [0.1, 0.15) is 36.9 Å². The van der Waals surface area contributed by atoms with Crippen LogP contribution in [-0.2, 0) is 17.8 Å². The van der Waals surface area contributed by atoms with Crippen molar-refractivity contribution in [3.05, 3.63) is 76.5 Å². The molecule has 3 fully saturated rings. The van der Waals surface area contributed by atoms with E-state index >= 15 is 0 Å². The number of likely N-dealkylation sites (tertiary alicyclic amines) is 1. The number of piperazine rings is 1. The summed E-state index contributed by atoms with van der Waals surface area (Å²) in [5.74, 6) is -0.976. The molecule has 0 bridgehead atoms. The zero-order chi connectivity index (χ0) is 31.8. The molecule has 1 aromatic heterocycles. The van der Waals surface area contributed by atoms with Gasteiger partial charge in [0, 0.05) is 54.8 Å². The molecular formula is C35H39ClFN7O2. The van der Waals surface area contributed by atoms with Crippen LogP contribution in [0.15, 0.2) is 48.8 Å². The van der Waals surface area contributed by atoms with Crippen molar-refractivity contribution in [2.45, 2.75) is 44.7 Å². The van der Waals surface area contributed by atoms with Gasteiger partial charge in [0.05, 0.1) is 23.9 Å². The maximum Gasteiger partial charge on any atom is 0.318 e. The predicted octanol–water partition coefficient (Wildman–Crippen LogP) is 5.52. The van der Waals surface area contributed by atoms with Crippen LogP contribution in [-0.4, -0.2) is 90.7 Å². The minimum Gasteiger partial charge on any atom is -0.463 e. The maximum atomic E-state index is 13.9. The zero-order valence-corrected chi connectivity index (χ0v) is 26.8. The molecule has 9 nitrogen and oxygen atoms in total. The number of aromatic nitrogens is 2. The van der Waals surface area contributed by atoms with Crippen LogP contribution in [0.2, 0.25) is 5.02 Å². The van der Waals surface area contributed by atoms with Gasteiger partial charge < -0.3 is 29.2 Å². The summed E-state index contributed by atoms with van der Waals surface area (Å²) < 4.78 is 20.3. The first-order valence-corrected chi connectivity index (χ1v) is 16.6. The van der Waals surface area contributed by atoms with Gasteiger partial charge in [-0.2, -0.15) is 9.97 Å². The van der Waals surface area contributed by atoms with Crippen molar-refractivity contribution in [2.24, 2.45) is 5.41 Å². The van der Waals surface area contributed by atoms with E-state index in [2.05, 4.69) is 50.4 Å². The van der Waals surface area contributed by atoms with Gasteiger partial charge in [-0.1, -0.05) is 42.4 Å². The Kier molecular flexibility index (Phi) is 8.47. The Bertz CT molecular complexity index is 1690. The highest BCUT2D eigenvalue weighted by Gasteiger charge is 2.45. The zero-order valence-electron chi connectivity index (χ0n) is 26.1. The van der Waals surface area contributed by atoms with Crippen molar-refractivity contribution in [2.75, 3.05) is 68.8 Å². The van der Waals surface area contributed by atoms with Crippen molar-refractivity contribution >= 4 is 39.8 Å². The molecule has 1 atom stereocenters. The summed E-state index contributed by atoms with van der Waals surface area (Å²) >= 11 is 6.72. The van der Waals surface area contributed by atoms with E-state index in [0.29, 0.717) is 43.7 Å². The quantitative estimate of drug-likeness (QED) is 0.225. The topological polar surface area (TPSA) is 69.4 Å². The first-order valence-electron chi connectivity index (χ1n) is 16.2. The summed E-state index contributed by atoms with van der Waals surface area (Å²) in [6.07, 6.45) is 5.52. The highest BCUT2D eigenvalue weighted by Crippen LogP contribution is 2.47. The summed E-state index contributed by atoms with van der Waals surface area (Å²) in [7, 11) is 0. The van der Waals surface area contributed by atoms with E-state index in [1.165, 1.54) is 17.7 Å². The van der Waals surface area contributed by atoms with Gasteiger partial charge in [0.15, 0.2) is 5.83 Å². The molecule has 1 amide bonds. The minimum absolute atomic E-state index is 0.0702. The highest BCUT2D eigenvalue weighted by atomic mass is 35.5. The third-order valence-electron chi connectivity index (χ3n) is 9.99. The molecule has 1 aliphatic carbocycles. The fraction of sp³-hybridized carbons (Fsp3) is 0.486. The molecule has 2 aromatic carbocycles.